The van der Waals surface area contributed by atoms with Crippen molar-refractivity contribution in [2.45, 2.75) is 18.4 Å². The Labute approximate surface area is 54.8 Å². The van der Waals surface area contributed by atoms with Crippen molar-refractivity contribution in [3.05, 3.63) is 0 Å². The highest BCUT2D eigenvalue weighted by atomic mass is 16.1. The summed E-state index contributed by atoms with van der Waals surface area (Å²) in [6.45, 7) is 0. The van der Waals surface area contributed by atoms with Gasteiger partial charge in [-0.2, -0.15) is 0 Å². The number of likely N-dealkylation sites (N-methyl/N-ethyl adjacent to an activating group) is 1. The minimum Gasteiger partial charge on any atom is -0.368 e. The molecule has 0 aromatic carbocycles. The summed E-state index contributed by atoms with van der Waals surface area (Å²) in [5.41, 5.74) is 4.88. The molecule has 0 bridgehead atoms. The lowest BCUT2D eigenvalue weighted by Gasteiger charge is -2.18. The average Bonchev–Trinajstić information content (AvgIpc) is 2.40. The van der Waals surface area contributed by atoms with Gasteiger partial charge in [-0.25, -0.2) is 0 Å². The topological polar surface area (TPSA) is 46.3 Å². The number of hydrogen-bond acceptors (Lipinski definition) is 2. The van der Waals surface area contributed by atoms with Gasteiger partial charge in [0.25, 0.3) is 0 Å². The third kappa shape index (κ3) is 0.812. The number of hydrogen-bond donors (Lipinski definition) is 1. The fraction of sp³-hybridized carbons (Fsp3) is 0.833. The summed E-state index contributed by atoms with van der Waals surface area (Å²) in [5, 5.41) is 0. The molecule has 3 heteroatoms. The average molecular weight is 128 g/mol. The number of nitrogens with zero attached hydrogens (tertiary/aromatic N) is 1. The smallest absolute Gasteiger partial charge is 0.237 e. The van der Waals surface area contributed by atoms with E-state index in [1.165, 1.54) is 0 Å². The van der Waals surface area contributed by atoms with Crippen molar-refractivity contribution in [3.63, 3.8) is 0 Å². The fourth-order valence-corrected chi connectivity index (χ4v) is 1.03. The maximum absolute atomic E-state index is 10.7. The van der Waals surface area contributed by atoms with Crippen molar-refractivity contribution < 1.29 is 4.79 Å². The van der Waals surface area contributed by atoms with Crippen LogP contribution in [0.5, 0.6) is 0 Å². The van der Waals surface area contributed by atoms with E-state index in [4.69, 9.17) is 5.73 Å². The molecule has 0 atom stereocenters. The number of carbonyl (C=O) groups excluding carboxylic acids is 1. The Morgan fingerprint density at radius 3 is 2.00 bits per heavy atom. The quantitative estimate of drug-likeness (QED) is 0.548. The molecule has 1 aliphatic carbocycles. The second kappa shape index (κ2) is 1.70. The molecule has 0 aromatic rings. The molecule has 0 spiro atoms. The molecule has 2 N–H and O–H groups in total. The lowest BCUT2D eigenvalue weighted by atomic mass is 10.2. The van der Waals surface area contributed by atoms with E-state index in [0.717, 1.165) is 12.8 Å². The van der Waals surface area contributed by atoms with Crippen LogP contribution < -0.4 is 5.73 Å². The summed E-state index contributed by atoms with van der Waals surface area (Å²) in [7, 11) is 3.77. The van der Waals surface area contributed by atoms with Gasteiger partial charge < -0.3 is 5.73 Å². The zero-order chi connectivity index (χ0) is 7.07. The summed E-state index contributed by atoms with van der Waals surface area (Å²) < 4.78 is 0. The minimum absolute atomic E-state index is 0.187. The van der Waals surface area contributed by atoms with Gasteiger partial charge in [-0.3, -0.25) is 9.69 Å². The first-order valence-corrected chi connectivity index (χ1v) is 3.07. The van der Waals surface area contributed by atoms with E-state index in [2.05, 4.69) is 0 Å². The molecule has 0 radical (unpaired) electrons. The number of carbonyl (C=O) groups is 1. The van der Waals surface area contributed by atoms with Gasteiger partial charge in [-0.15, -0.1) is 0 Å². The normalized spacial score (nSPS) is 22.1. The van der Waals surface area contributed by atoms with Crippen LogP contribution in [0.15, 0.2) is 0 Å². The summed E-state index contributed by atoms with van der Waals surface area (Å²) in [6.07, 6.45) is 1.85. The number of amides is 1. The Balaban J connectivity index is 2.63. The van der Waals surface area contributed by atoms with E-state index in [1.807, 2.05) is 19.0 Å². The Kier molecular flexibility index (Phi) is 1.24. The Morgan fingerprint density at radius 1 is 1.56 bits per heavy atom. The van der Waals surface area contributed by atoms with Crippen LogP contribution in [0.25, 0.3) is 0 Å². The van der Waals surface area contributed by atoms with E-state index in [1.54, 1.807) is 0 Å². The maximum Gasteiger partial charge on any atom is 0.237 e. The molecule has 1 amide bonds. The van der Waals surface area contributed by atoms with Gasteiger partial charge in [0.05, 0.1) is 5.54 Å². The monoisotopic (exact) mass is 128 g/mol. The van der Waals surface area contributed by atoms with Crippen LogP contribution in [-0.4, -0.2) is 30.4 Å². The standard InChI is InChI=1S/C6H12N2O/c1-8(2)6(3-4-6)5(7)9/h3-4H2,1-2H3,(H2,7,9). The molecule has 9 heavy (non-hydrogen) atoms. The minimum atomic E-state index is -0.278. The second-order valence-corrected chi connectivity index (χ2v) is 2.79. The highest BCUT2D eigenvalue weighted by Crippen LogP contribution is 2.39. The van der Waals surface area contributed by atoms with Crippen LogP contribution >= 0.6 is 0 Å². The lowest BCUT2D eigenvalue weighted by Crippen LogP contribution is -2.42. The van der Waals surface area contributed by atoms with Crippen LogP contribution in [0.2, 0.25) is 0 Å². The molecule has 1 rings (SSSR count). The molecule has 3 nitrogen and oxygen atoms in total. The third-order valence-electron chi connectivity index (χ3n) is 2.04. The molecule has 0 aliphatic heterocycles. The molecule has 1 fully saturated rings. The predicted octanol–water partition coefficient (Wildman–Crippen LogP) is -0.434. The zero-order valence-corrected chi connectivity index (χ0v) is 5.85. The van der Waals surface area contributed by atoms with Gasteiger partial charge in [0.2, 0.25) is 5.91 Å². The first kappa shape index (κ1) is 6.55. The summed E-state index contributed by atoms with van der Waals surface area (Å²) in [6, 6.07) is 0. The highest BCUT2D eigenvalue weighted by molar-refractivity contribution is 5.87. The molecule has 52 valence electrons. The number of nitrogens with two attached hydrogens (primary N) is 1. The molecule has 1 aliphatic rings. The Morgan fingerprint density at radius 2 is 2.00 bits per heavy atom. The van der Waals surface area contributed by atoms with Crippen LogP contribution in [0, 0.1) is 0 Å². The molecule has 0 aromatic heterocycles. The lowest BCUT2D eigenvalue weighted by molar-refractivity contribution is -0.123. The van der Waals surface area contributed by atoms with Gasteiger partial charge in [0.1, 0.15) is 0 Å². The fourth-order valence-electron chi connectivity index (χ4n) is 1.03. The van der Waals surface area contributed by atoms with Crippen LogP contribution in [0.4, 0.5) is 0 Å². The predicted molar refractivity (Wildman–Crippen MR) is 34.8 cm³/mol. The first-order chi connectivity index (χ1) is 4.09. The van der Waals surface area contributed by atoms with Crippen molar-refractivity contribution in [3.8, 4) is 0 Å². The third-order valence-corrected chi connectivity index (χ3v) is 2.04. The van der Waals surface area contributed by atoms with E-state index in [-0.39, 0.29) is 11.4 Å². The molecule has 0 saturated heterocycles. The van der Waals surface area contributed by atoms with Gasteiger partial charge >= 0.3 is 0 Å². The molecule has 0 heterocycles. The molecule has 1 saturated carbocycles. The van der Waals surface area contributed by atoms with Gasteiger partial charge in [0.15, 0.2) is 0 Å². The SMILES string of the molecule is CN(C)C1(C(N)=O)CC1. The van der Waals surface area contributed by atoms with Crippen molar-refractivity contribution in [2.24, 2.45) is 5.73 Å². The highest BCUT2D eigenvalue weighted by Gasteiger charge is 2.50. The Bertz CT molecular complexity index is 138. The van der Waals surface area contributed by atoms with E-state index in [0.29, 0.717) is 0 Å². The van der Waals surface area contributed by atoms with Crippen molar-refractivity contribution in [2.75, 3.05) is 14.1 Å². The largest absolute Gasteiger partial charge is 0.368 e. The maximum atomic E-state index is 10.7. The Hall–Kier alpha value is -0.570. The van der Waals surface area contributed by atoms with E-state index in [9.17, 15) is 4.79 Å². The van der Waals surface area contributed by atoms with Gasteiger partial charge in [-0.05, 0) is 26.9 Å². The van der Waals surface area contributed by atoms with Gasteiger partial charge in [-0.1, -0.05) is 0 Å². The zero-order valence-electron chi connectivity index (χ0n) is 5.85. The number of primary amides is 1. The van der Waals surface area contributed by atoms with Crippen molar-refractivity contribution in [1.29, 1.82) is 0 Å². The molecular weight excluding hydrogens is 116 g/mol. The van der Waals surface area contributed by atoms with Crippen LogP contribution in [0.3, 0.4) is 0 Å². The van der Waals surface area contributed by atoms with E-state index >= 15 is 0 Å². The molecule has 0 unspecified atom stereocenters. The van der Waals surface area contributed by atoms with Crippen LogP contribution in [-0.2, 0) is 4.79 Å². The second-order valence-electron chi connectivity index (χ2n) is 2.79. The first-order valence-electron chi connectivity index (χ1n) is 3.07. The summed E-state index contributed by atoms with van der Waals surface area (Å²) >= 11 is 0. The molecular formula is C6H12N2O. The van der Waals surface area contributed by atoms with Crippen molar-refractivity contribution in [1.82, 2.24) is 4.90 Å². The summed E-state index contributed by atoms with van der Waals surface area (Å²) in [5.74, 6) is -0.187. The van der Waals surface area contributed by atoms with Crippen LogP contribution in [0.1, 0.15) is 12.8 Å². The van der Waals surface area contributed by atoms with Crippen molar-refractivity contribution >= 4 is 5.91 Å². The number of rotatable bonds is 2. The van der Waals surface area contributed by atoms with E-state index < -0.39 is 0 Å². The summed E-state index contributed by atoms with van der Waals surface area (Å²) in [4.78, 5) is 12.6. The van der Waals surface area contributed by atoms with Gasteiger partial charge in [0, 0.05) is 0 Å².